The second kappa shape index (κ2) is 10.6. The van der Waals surface area contributed by atoms with E-state index < -0.39 is 0 Å². The number of pyridine rings is 1. The van der Waals surface area contributed by atoms with Crippen molar-refractivity contribution in [3.63, 3.8) is 0 Å². The van der Waals surface area contributed by atoms with E-state index in [0.717, 1.165) is 42.2 Å². The number of nitrogens with zero attached hydrogens (tertiary/aromatic N) is 5. The molecule has 36 heavy (non-hydrogen) atoms. The highest BCUT2D eigenvalue weighted by molar-refractivity contribution is 7.80. The normalized spacial score (nSPS) is 17.5. The van der Waals surface area contributed by atoms with Gasteiger partial charge in [0.05, 0.1) is 35.5 Å². The van der Waals surface area contributed by atoms with Gasteiger partial charge in [-0.3, -0.25) is 15.1 Å². The largest absolute Gasteiger partial charge is 0.495 e. The van der Waals surface area contributed by atoms with Gasteiger partial charge >= 0.3 is 0 Å². The van der Waals surface area contributed by atoms with Crippen molar-refractivity contribution < 1.29 is 9.66 Å². The molecule has 3 heterocycles. The summed E-state index contributed by atoms with van der Waals surface area (Å²) < 4.78 is 7.61. The molecule has 1 fully saturated rings. The van der Waals surface area contributed by atoms with Crippen LogP contribution in [0.2, 0.25) is 0 Å². The quantitative estimate of drug-likeness (QED) is 0.260. The maximum atomic E-state index is 11.5. The van der Waals surface area contributed by atoms with E-state index in [2.05, 4.69) is 40.3 Å². The molecule has 190 valence electrons. The molecule has 0 bridgehead atoms. The van der Waals surface area contributed by atoms with Crippen molar-refractivity contribution in [2.24, 2.45) is 0 Å². The predicted molar refractivity (Wildman–Crippen MR) is 144 cm³/mol. The maximum absolute atomic E-state index is 11.5. The molecule has 2 aromatic heterocycles. The topological polar surface area (TPSA) is 88.7 Å². The summed E-state index contributed by atoms with van der Waals surface area (Å²) in [5.41, 5.74) is 4.58. The standard InChI is InChI=1S/C26H32N6O3S/c1-17-15-20(18(2)31(17)22-16-19(32(33)34)10-11-23(22)35-5)25-24(21-9-6-7-12-27-21)28-26(36)30(25)14-8-13-29(3)4/h6-7,9-12,15-16,24-25H,8,13-14H2,1-5H3,(H,28,36)/t24-,25-/m1/s1. The van der Waals surface area contributed by atoms with Crippen molar-refractivity contribution in [3.05, 3.63) is 81.4 Å². The van der Waals surface area contributed by atoms with E-state index in [-0.39, 0.29) is 22.7 Å². The fourth-order valence-corrected chi connectivity index (χ4v) is 5.30. The Balaban J connectivity index is 1.83. The second-order valence-electron chi connectivity index (χ2n) is 9.25. The Kier molecular flexibility index (Phi) is 7.56. The first-order chi connectivity index (χ1) is 17.2. The van der Waals surface area contributed by atoms with Crippen LogP contribution in [-0.4, -0.2) is 63.7 Å². The summed E-state index contributed by atoms with van der Waals surface area (Å²) >= 11 is 5.81. The average molecular weight is 509 g/mol. The van der Waals surface area contributed by atoms with Crippen LogP contribution in [0.1, 0.15) is 41.1 Å². The van der Waals surface area contributed by atoms with Crippen molar-refractivity contribution in [1.29, 1.82) is 0 Å². The molecule has 1 aliphatic heterocycles. The van der Waals surface area contributed by atoms with Gasteiger partial charge in [-0.05, 0) is 83.0 Å². The van der Waals surface area contributed by atoms with Crippen molar-refractivity contribution in [3.8, 4) is 11.4 Å². The Labute approximate surface area is 216 Å². The van der Waals surface area contributed by atoms with Gasteiger partial charge in [-0.1, -0.05) is 6.07 Å². The number of non-ortho nitro benzene ring substituents is 1. The summed E-state index contributed by atoms with van der Waals surface area (Å²) in [6.45, 7) is 5.78. The lowest BCUT2D eigenvalue weighted by Gasteiger charge is -2.28. The van der Waals surface area contributed by atoms with Gasteiger partial charge in [0, 0.05) is 36.3 Å². The number of thiocarbonyl (C=S) groups is 1. The fourth-order valence-electron chi connectivity index (χ4n) is 4.97. The van der Waals surface area contributed by atoms with Crippen LogP contribution in [0.25, 0.3) is 5.69 Å². The third-order valence-corrected chi connectivity index (χ3v) is 6.96. The number of nitro benzene ring substituents is 1. The van der Waals surface area contributed by atoms with Gasteiger partial charge in [0.2, 0.25) is 0 Å². The van der Waals surface area contributed by atoms with Crippen molar-refractivity contribution in [2.75, 3.05) is 34.3 Å². The molecule has 0 radical (unpaired) electrons. The lowest BCUT2D eigenvalue weighted by Crippen LogP contribution is -2.32. The molecule has 0 amide bonds. The molecule has 3 aromatic rings. The molecule has 0 aliphatic carbocycles. The van der Waals surface area contributed by atoms with Gasteiger partial charge in [0.1, 0.15) is 5.75 Å². The number of methoxy groups -OCH3 is 1. The number of aromatic nitrogens is 2. The third-order valence-electron chi connectivity index (χ3n) is 6.61. The van der Waals surface area contributed by atoms with E-state index in [1.54, 1.807) is 25.4 Å². The van der Waals surface area contributed by atoms with Crippen LogP contribution in [0.4, 0.5) is 5.69 Å². The summed E-state index contributed by atoms with van der Waals surface area (Å²) in [6, 6.07) is 12.5. The number of rotatable bonds is 9. The molecule has 10 heteroatoms. The van der Waals surface area contributed by atoms with Gasteiger partial charge in [-0.15, -0.1) is 0 Å². The highest BCUT2D eigenvalue weighted by Gasteiger charge is 2.41. The van der Waals surface area contributed by atoms with Gasteiger partial charge < -0.3 is 24.4 Å². The zero-order valence-corrected chi connectivity index (χ0v) is 22.1. The van der Waals surface area contributed by atoms with E-state index in [1.807, 2.05) is 36.6 Å². The van der Waals surface area contributed by atoms with Gasteiger partial charge in [-0.2, -0.15) is 0 Å². The number of nitro groups is 1. The predicted octanol–water partition coefficient (Wildman–Crippen LogP) is 4.33. The van der Waals surface area contributed by atoms with Crippen LogP contribution in [-0.2, 0) is 0 Å². The fraction of sp³-hybridized carbons (Fsp3) is 0.385. The first kappa shape index (κ1) is 25.6. The van der Waals surface area contributed by atoms with Crippen LogP contribution >= 0.6 is 12.2 Å². The number of benzene rings is 1. The summed E-state index contributed by atoms with van der Waals surface area (Å²) in [5, 5.41) is 15.7. The Morgan fingerprint density at radius 1 is 1.22 bits per heavy atom. The third kappa shape index (κ3) is 4.91. The van der Waals surface area contributed by atoms with Crippen LogP contribution in [0.15, 0.2) is 48.7 Å². The van der Waals surface area contributed by atoms with Crippen LogP contribution in [0.3, 0.4) is 0 Å². The summed E-state index contributed by atoms with van der Waals surface area (Å²) in [6.07, 6.45) is 2.75. The van der Waals surface area contributed by atoms with E-state index in [1.165, 1.54) is 6.07 Å². The molecular weight excluding hydrogens is 476 g/mol. The maximum Gasteiger partial charge on any atom is 0.271 e. The highest BCUT2D eigenvalue weighted by Crippen LogP contribution is 2.42. The molecule has 1 N–H and O–H groups in total. The Hall–Kier alpha value is -3.50. The van der Waals surface area contributed by atoms with Crippen molar-refractivity contribution >= 4 is 23.0 Å². The molecule has 9 nitrogen and oxygen atoms in total. The smallest absolute Gasteiger partial charge is 0.271 e. The number of nitrogens with one attached hydrogen (secondary N) is 1. The van der Waals surface area contributed by atoms with Crippen molar-refractivity contribution in [1.82, 2.24) is 24.7 Å². The summed E-state index contributed by atoms with van der Waals surface area (Å²) in [7, 11) is 5.70. The number of aryl methyl sites for hydroxylation is 1. The second-order valence-corrected chi connectivity index (χ2v) is 9.64. The molecule has 2 atom stereocenters. The molecule has 0 saturated carbocycles. The van der Waals surface area contributed by atoms with E-state index in [0.29, 0.717) is 16.5 Å². The first-order valence-corrected chi connectivity index (χ1v) is 12.3. The zero-order valence-electron chi connectivity index (χ0n) is 21.3. The lowest BCUT2D eigenvalue weighted by molar-refractivity contribution is -0.384. The minimum absolute atomic E-state index is 0.0141. The molecular formula is C26H32N6O3S. The Bertz CT molecular complexity index is 1260. The Morgan fingerprint density at radius 2 is 2.00 bits per heavy atom. The van der Waals surface area contributed by atoms with Crippen LogP contribution in [0.5, 0.6) is 5.75 Å². The van der Waals surface area contributed by atoms with Crippen LogP contribution < -0.4 is 10.1 Å². The molecule has 0 spiro atoms. The molecule has 1 aliphatic rings. The number of hydrogen-bond donors (Lipinski definition) is 1. The average Bonchev–Trinajstić information content (AvgIpc) is 3.33. The zero-order chi connectivity index (χ0) is 26.0. The molecule has 0 unspecified atom stereocenters. The van der Waals surface area contributed by atoms with Gasteiger partial charge in [0.15, 0.2) is 5.11 Å². The van der Waals surface area contributed by atoms with E-state index in [9.17, 15) is 10.1 Å². The van der Waals surface area contributed by atoms with E-state index in [4.69, 9.17) is 17.0 Å². The number of hydrogen-bond acceptors (Lipinski definition) is 6. The molecule has 4 rings (SSSR count). The lowest BCUT2D eigenvalue weighted by atomic mass is 9.96. The van der Waals surface area contributed by atoms with Gasteiger partial charge in [0.25, 0.3) is 5.69 Å². The van der Waals surface area contributed by atoms with Gasteiger partial charge in [-0.25, -0.2) is 0 Å². The first-order valence-electron chi connectivity index (χ1n) is 11.9. The number of ether oxygens (including phenoxy) is 1. The van der Waals surface area contributed by atoms with Crippen molar-refractivity contribution in [2.45, 2.75) is 32.4 Å². The minimum atomic E-state index is -0.388. The van der Waals surface area contributed by atoms with Crippen LogP contribution in [0, 0.1) is 24.0 Å². The monoisotopic (exact) mass is 508 g/mol. The highest BCUT2D eigenvalue weighted by atomic mass is 32.1. The molecule has 1 saturated heterocycles. The Morgan fingerprint density at radius 3 is 2.64 bits per heavy atom. The minimum Gasteiger partial charge on any atom is -0.495 e. The molecule has 1 aromatic carbocycles. The summed E-state index contributed by atoms with van der Waals surface area (Å²) in [5.74, 6) is 0.568. The summed E-state index contributed by atoms with van der Waals surface area (Å²) in [4.78, 5) is 20.2. The van der Waals surface area contributed by atoms with E-state index >= 15 is 0 Å². The SMILES string of the molecule is COc1ccc([N+](=O)[O-])cc1-n1c(C)cc([C@@H]2[C@@H](c3ccccn3)NC(=S)N2CCCN(C)C)c1C.